The van der Waals surface area contributed by atoms with Crippen molar-refractivity contribution in [1.29, 1.82) is 0 Å². The number of hydrogen-bond acceptors (Lipinski definition) is 5. The molecule has 0 bridgehead atoms. The van der Waals surface area contributed by atoms with E-state index in [0.717, 1.165) is 0 Å². The lowest BCUT2D eigenvalue weighted by Crippen LogP contribution is -2.35. The summed E-state index contributed by atoms with van der Waals surface area (Å²) in [6.45, 7) is 1.45. The molecular formula is C21H23N3O5. The molecule has 0 unspecified atom stereocenters. The highest BCUT2D eigenvalue weighted by Crippen LogP contribution is 2.33. The van der Waals surface area contributed by atoms with Gasteiger partial charge in [0.05, 0.1) is 18.8 Å². The van der Waals surface area contributed by atoms with Crippen LogP contribution in [-0.2, 0) is 4.79 Å². The van der Waals surface area contributed by atoms with Gasteiger partial charge in [-0.25, -0.2) is 4.79 Å². The van der Waals surface area contributed by atoms with Crippen molar-refractivity contribution in [2.45, 2.75) is 12.8 Å². The average Bonchev–Trinajstić information content (AvgIpc) is 3.56. The molecule has 2 aromatic carbocycles. The van der Waals surface area contributed by atoms with E-state index < -0.39 is 6.03 Å². The fourth-order valence-electron chi connectivity index (χ4n) is 2.84. The number of fused-ring (bicyclic) bond motifs is 1. The van der Waals surface area contributed by atoms with Crippen LogP contribution in [0.5, 0.6) is 17.2 Å². The summed E-state index contributed by atoms with van der Waals surface area (Å²) < 4.78 is 16.7. The molecule has 1 aliphatic heterocycles. The van der Waals surface area contributed by atoms with Crippen LogP contribution in [0.15, 0.2) is 42.5 Å². The second-order valence-corrected chi connectivity index (χ2v) is 6.96. The molecule has 0 saturated heterocycles. The summed E-state index contributed by atoms with van der Waals surface area (Å²) in [6.07, 6.45) is 2.38. The molecule has 29 heavy (non-hydrogen) atoms. The van der Waals surface area contributed by atoms with Crippen LogP contribution < -0.4 is 30.2 Å². The number of rotatable bonds is 7. The summed E-state index contributed by atoms with van der Waals surface area (Å²) in [5.41, 5.74) is 1.14. The second kappa shape index (κ2) is 8.72. The minimum Gasteiger partial charge on any atom is -0.491 e. The first kappa shape index (κ1) is 18.9. The van der Waals surface area contributed by atoms with E-state index in [-0.39, 0.29) is 12.5 Å². The maximum Gasteiger partial charge on any atom is 0.319 e. The largest absolute Gasteiger partial charge is 0.491 e. The van der Waals surface area contributed by atoms with Gasteiger partial charge >= 0.3 is 6.03 Å². The quantitative estimate of drug-likeness (QED) is 0.667. The van der Waals surface area contributed by atoms with Crippen LogP contribution in [0, 0.1) is 5.92 Å². The molecule has 0 atom stereocenters. The van der Waals surface area contributed by atoms with Crippen molar-refractivity contribution in [3.05, 3.63) is 42.5 Å². The lowest BCUT2D eigenvalue weighted by Gasteiger charge is -2.19. The smallest absolute Gasteiger partial charge is 0.319 e. The van der Waals surface area contributed by atoms with Gasteiger partial charge < -0.3 is 30.2 Å². The molecule has 1 aliphatic carbocycles. The third-order valence-corrected chi connectivity index (χ3v) is 4.54. The first-order valence-electron chi connectivity index (χ1n) is 9.63. The first-order valence-corrected chi connectivity index (χ1v) is 9.63. The van der Waals surface area contributed by atoms with E-state index in [0.29, 0.717) is 54.4 Å². The fourth-order valence-corrected chi connectivity index (χ4v) is 2.84. The van der Waals surface area contributed by atoms with Gasteiger partial charge in [0.15, 0.2) is 11.5 Å². The van der Waals surface area contributed by atoms with Crippen molar-refractivity contribution in [3.63, 3.8) is 0 Å². The first-order chi connectivity index (χ1) is 14.2. The topological polar surface area (TPSA) is 97.9 Å². The van der Waals surface area contributed by atoms with E-state index >= 15 is 0 Å². The van der Waals surface area contributed by atoms with E-state index in [1.807, 2.05) is 18.2 Å². The van der Waals surface area contributed by atoms with Crippen LogP contribution in [0.3, 0.4) is 0 Å². The number of carbonyl (C=O) groups is 2. The molecule has 0 radical (unpaired) electrons. The molecule has 8 nitrogen and oxygen atoms in total. The molecule has 1 saturated carbocycles. The van der Waals surface area contributed by atoms with Gasteiger partial charge in [0, 0.05) is 11.8 Å². The summed E-state index contributed by atoms with van der Waals surface area (Å²) in [5, 5.41) is 7.99. The van der Waals surface area contributed by atoms with Crippen molar-refractivity contribution in [2.24, 2.45) is 5.92 Å². The van der Waals surface area contributed by atoms with Gasteiger partial charge in [-0.05, 0) is 43.0 Å². The van der Waals surface area contributed by atoms with Crippen molar-refractivity contribution < 1.29 is 23.8 Å². The third-order valence-electron chi connectivity index (χ3n) is 4.54. The summed E-state index contributed by atoms with van der Waals surface area (Å²) in [4.78, 5) is 24.3. The van der Waals surface area contributed by atoms with Gasteiger partial charge in [0.2, 0.25) is 5.91 Å². The maximum atomic E-state index is 12.2. The van der Waals surface area contributed by atoms with Crippen molar-refractivity contribution in [2.75, 3.05) is 37.0 Å². The van der Waals surface area contributed by atoms with E-state index in [4.69, 9.17) is 14.2 Å². The lowest BCUT2D eigenvalue weighted by atomic mass is 10.2. The van der Waals surface area contributed by atoms with Gasteiger partial charge in [0.1, 0.15) is 19.0 Å². The number of amides is 3. The average molecular weight is 397 g/mol. The molecule has 3 N–H and O–H groups in total. The molecule has 2 aliphatic rings. The zero-order valence-corrected chi connectivity index (χ0v) is 15.9. The zero-order valence-electron chi connectivity index (χ0n) is 15.9. The standard InChI is InChI=1S/C21H23N3O5/c25-20(23-15-7-8-18-19(11-15)28-10-9-27-18)12-22-21(26)24-16-3-1-2-4-17(16)29-13-14-5-6-14/h1-4,7-8,11,14H,5-6,9-10,12-13H2,(H,23,25)(H2,22,24,26). The zero-order chi connectivity index (χ0) is 20.1. The van der Waals surface area contributed by atoms with Crippen molar-refractivity contribution in [3.8, 4) is 17.2 Å². The SMILES string of the molecule is O=C(CNC(=O)Nc1ccccc1OCC1CC1)Nc1ccc2c(c1)OCCO2. The Morgan fingerprint density at radius 1 is 1.00 bits per heavy atom. The van der Waals surface area contributed by atoms with Crippen LogP contribution in [0.1, 0.15) is 12.8 Å². The molecule has 0 spiro atoms. The predicted molar refractivity (Wildman–Crippen MR) is 108 cm³/mol. The predicted octanol–water partition coefficient (Wildman–Crippen LogP) is 3.01. The lowest BCUT2D eigenvalue weighted by molar-refractivity contribution is -0.115. The Labute approximate surface area is 168 Å². The molecule has 2 aromatic rings. The molecule has 152 valence electrons. The third kappa shape index (κ3) is 5.31. The van der Waals surface area contributed by atoms with Crippen molar-refractivity contribution >= 4 is 23.3 Å². The van der Waals surface area contributed by atoms with Crippen LogP contribution in [0.2, 0.25) is 0 Å². The van der Waals surface area contributed by atoms with Gasteiger partial charge in [-0.2, -0.15) is 0 Å². The molecule has 4 rings (SSSR count). The van der Waals surface area contributed by atoms with Gasteiger partial charge in [0.25, 0.3) is 0 Å². The van der Waals surface area contributed by atoms with Crippen LogP contribution in [-0.4, -0.2) is 38.3 Å². The highest BCUT2D eigenvalue weighted by atomic mass is 16.6. The fraction of sp³-hybridized carbons (Fsp3) is 0.333. The Balaban J connectivity index is 1.25. The Morgan fingerprint density at radius 3 is 2.62 bits per heavy atom. The summed E-state index contributed by atoms with van der Waals surface area (Å²) in [7, 11) is 0. The van der Waals surface area contributed by atoms with Crippen molar-refractivity contribution in [1.82, 2.24) is 5.32 Å². The summed E-state index contributed by atoms with van der Waals surface area (Å²) >= 11 is 0. The van der Waals surface area contributed by atoms with E-state index in [2.05, 4.69) is 16.0 Å². The monoisotopic (exact) mass is 397 g/mol. The van der Waals surface area contributed by atoms with Gasteiger partial charge in [-0.3, -0.25) is 4.79 Å². The van der Waals surface area contributed by atoms with Crippen LogP contribution in [0.4, 0.5) is 16.2 Å². The molecule has 0 aromatic heterocycles. The minimum absolute atomic E-state index is 0.175. The van der Waals surface area contributed by atoms with E-state index in [9.17, 15) is 9.59 Å². The second-order valence-electron chi connectivity index (χ2n) is 6.96. The molecule has 8 heteroatoms. The number of urea groups is 1. The number of hydrogen-bond donors (Lipinski definition) is 3. The number of ether oxygens (including phenoxy) is 3. The normalized spacial score (nSPS) is 14.6. The van der Waals surface area contributed by atoms with Gasteiger partial charge in [-0.1, -0.05) is 12.1 Å². The highest BCUT2D eigenvalue weighted by molar-refractivity contribution is 5.97. The Bertz CT molecular complexity index is 898. The molecule has 1 heterocycles. The maximum absolute atomic E-state index is 12.2. The number of carbonyl (C=O) groups excluding carboxylic acids is 2. The number of benzene rings is 2. The van der Waals surface area contributed by atoms with E-state index in [1.165, 1.54) is 12.8 Å². The summed E-state index contributed by atoms with van der Waals surface area (Å²) in [5.74, 6) is 2.11. The number of anilines is 2. The molecule has 1 fully saturated rings. The molecule has 3 amide bonds. The van der Waals surface area contributed by atoms with E-state index in [1.54, 1.807) is 24.3 Å². The Kier molecular flexibility index (Phi) is 5.69. The molecular weight excluding hydrogens is 374 g/mol. The number of para-hydroxylation sites is 2. The van der Waals surface area contributed by atoms with Crippen LogP contribution >= 0.6 is 0 Å². The number of nitrogens with one attached hydrogen (secondary N) is 3. The Morgan fingerprint density at radius 2 is 1.79 bits per heavy atom. The van der Waals surface area contributed by atoms with Gasteiger partial charge in [-0.15, -0.1) is 0 Å². The highest BCUT2D eigenvalue weighted by Gasteiger charge is 2.22. The Hall–Kier alpha value is -3.42. The van der Waals surface area contributed by atoms with Crippen LogP contribution in [0.25, 0.3) is 0 Å². The summed E-state index contributed by atoms with van der Waals surface area (Å²) in [6, 6.07) is 11.9. The minimum atomic E-state index is -0.482.